The minimum absolute atomic E-state index is 0.181. The molecule has 0 radical (unpaired) electrons. The summed E-state index contributed by atoms with van der Waals surface area (Å²) >= 11 is 4.79. The smallest absolute Gasteiger partial charge is 0.341 e. The molecule has 168 valence electrons. The van der Waals surface area contributed by atoms with Gasteiger partial charge in [-0.15, -0.1) is 11.3 Å². The van der Waals surface area contributed by atoms with Gasteiger partial charge in [0.05, 0.1) is 11.1 Å². The summed E-state index contributed by atoms with van der Waals surface area (Å²) in [7, 11) is 0. The van der Waals surface area contributed by atoms with Crippen LogP contribution in [0.25, 0.3) is 11.1 Å². The van der Waals surface area contributed by atoms with E-state index in [1.54, 1.807) is 6.92 Å². The number of aryl methyl sites for hydroxylation is 1. The van der Waals surface area contributed by atoms with Gasteiger partial charge in [0.15, 0.2) is 6.61 Å². The van der Waals surface area contributed by atoms with Crippen LogP contribution in [0, 0.1) is 6.92 Å². The third kappa shape index (κ3) is 5.78. The van der Waals surface area contributed by atoms with Crippen molar-refractivity contribution in [1.29, 1.82) is 0 Å². The molecule has 0 saturated carbocycles. The molecule has 5 nitrogen and oxygen atoms in total. The molecule has 3 aromatic rings. The average molecular weight is 516 g/mol. The maximum Gasteiger partial charge on any atom is 0.341 e. The van der Waals surface area contributed by atoms with Crippen molar-refractivity contribution in [2.45, 2.75) is 33.6 Å². The number of esters is 1. The summed E-state index contributed by atoms with van der Waals surface area (Å²) in [4.78, 5) is 25.3. The minimum atomic E-state index is -0.465. The van der Waals surface area contributed by atoms with Crippen molar-refractivity contribution >= 4 is 44.1 Å². The zero-order valence-electron chi connectivity index (χ0n) is 18.5. The summed E-state index contributed by atoms with van der Waals surface area (Å²) in [6, 6.07) is 13.7. The van der Waals surface area contributed by atoms with Gasteiger partial charge < -0.3 is 14.8 Å². The summed E-state index contributed by atoms with van der Waals surface area (Å²) in [6.07, 6.45) is 0. The maximum atomic E-state index is 12.7. The van der Waals surface area contributed by atoms with Gasteiger partial charge in [-0.05, 0) is 59.0 Å². The number of benzene rings is 2. The van der Waals surface area contributed by atoms with Crippen LogP contribution >= 0.6 is 27.3 Å². The fourth-order valence-corrected chi connectivity index (χ4v) is 4.59. The van der Waals surface area contributed by atoms with Gasteiger partial charge in [0.2, 0.25) is 0 Å². The summed E-state index contributed by atoms with van der Waals surface area (Å²) in [6.45, 7) is 8.05. The van der Waals surface area contributed by atoms with E-state index in [0.29, 0.717) is 22.2 Å². The average Bonchev–Trinajstić information content (AvgIpc) is 3.17. The molecule has 1 amide bonds. The largest absolute Gasteiger partial charge is 0.483 e. The monoisotopic (exact) mass is 515 g/mol. The van der Waals surface area contributed by atoms with Crippen molar-refractivity contribution in [2.75, 3.05) is 18.5 Å². The molecular weight excluding hydrogens is 490 g/mol. The van der Waals surface area contributed by atoms with Gasteiger partial charge in [0, 0.05) is 10.9 Å². The van der Waals surface area contributed by atoms with E-state index >= 15 is 0 Å². The molecule has 7 heteroatoms. The first-order valence-electron chi connectivity index (χ1n) is 10.4. The second-order valence-corrected chi connectivity index (χ2v) is 9.36. The molecule has 1 heterocycles. The number of thiophene rings is 1. The molecule has 0 aliphatic rings. The summed E-state index contributed by atoms with van der Waals surface area (Å²) in [5.41, 5.74) is 4.28. The van der Waals surface area contributed by atoms with Crippen LogP contribution in [0.3, 0.4) is 0 Å². The van der Waals surface area contributed by atoms with Crippen molar-refractivity contribution in [1.82, 2.24) is 0 Å². The highest BCUT2D eigenvalue weighted by Gasteiger charge is 2.23. The molecule has 0 aliphatic heterocycles. The number of hydrogen-bond donors (Lipinski definition) is 1. The highest BCUT2D eigenvalue weighted by Crippen LogP contribution is 2.36. The Morgan fingerprint density at radius 3 is 2.47 bits per heavy atom. The lowest BCUT2D eigenvalue weighted by Gasteiger charge is -2.12. The van der Waals surface area contributed by atoms with Crippen LogP contribution in [0.4, 0.5) is 5.00 Å². The van der Waals surface area contributed by atoms with Gasteiger partial charge >= 0.3 is 5.97 Å². The van der Waals surface area contributed by atoms with Gasteiger partial charge in [-0.2, -0.15) is 0 Å². The van der Waals surface area contributed by atoms with E-state index in [0.717, 1.165) is 21.2 Å². The van der Waals surface area contributed by atoms with E-state index in [1.165, 1.54) is 16.9 Å². The number of amides is 1. The van der Waals surface area contributed by atoms with Crippen molar-refractivity contribution in [3.63, 3.8) is 0 Å². The number of carbonyl (C=O) groups is 2. The molecule has 1 N–H and O–H groups in total. The number of nitrogens with one attached hydrogen (secondary N) is 1. The first-order valence-corrected chi connectivity index (χ1v) is 12.0. The van der Waals surface area contributed by atoms with Gasteiger partial charge in [-0.3, -0.25) is 4.79 Å². The van der Waals surface area contributed by atoms with Gasteiger partial charge in [0.1, 0.15) is 16.3 Å². The second kappa shape index (κ2) is 10.8. The Bertz CT molecular complexity index is 1110. The number of anilines is 1. The first-order chi connectivity index (χ1) is 15.3. The Morgan fingerprint density at radius 1 is 1.12 bits per heavy atom. The van der Waals surface area contributed by atoms with Crippen LogP contribution in [-0.2, 0) is 9.53 Å². The Hall–Kier alpha value is -2.64. The Morgan fingerprint density at radius 2 is 1.84 bits per heavy atom. The molecule has 0 bridgehead atoms. The third-order valence-electron chi connectivity index (χ3n) is 4.87. The third-order valence-corrected chi connectivity index (χ3v) is 6.38. The van der Waals surface area contributed by atoms with Crippen LogP contribution in [-0.4, -0.2) is 25.1 Å². The standard InChI is InChI=1S/C25H26BrNO4S/c1-5-30-25(29)23-19(17-8-6-16(4)7-9-17)14-32-24(23)27-22(28)13-31-21-11-10-18(15(2)3)12-20(21)26/h6-12,14-15H,5,13H2,1-4H3,(H,27,28). The number of halogens is 1. The summed E-state index contributed by atoms with van der Waals surface area (Å²) < 4.78 is 11.7. The molecule has 0 saturated heterocycles. The number of ether oxygens (including phenoxy) is 2. The Labute approximate surface area is 200 Å². The Balaban J connectivity index is 1.77. The lowest BCUT2D eigenvalue weighted by atomic mass is 10.0. The summed E-state index contributed by atoms with van der Waals surface area (Å²) in [5.74, 6) is 0.161. The van der Waals surface area contributed by atoms with Gasteiger partial charge in [0.25, 0.3) is 5.91 Å². The van der Waals surface area contributed by atoms with Crippen LogP contribution in [0.1, 0.15) is 48.2 Å². The predicted molar refractivity (Wildman–Crippen MR) is 133 cm³/mol. The lowest BCUT2D eigenvalue weighted by Crippen LogP contribution is -2.21. The molecule has 0 unspecified atom stereocenters. The molecular formula is C25H26BrNO4S. The van der Waals surface area contributed by atoms with Crippen LogP contribution in [0.5, 0.6) is 5.75 Å². The zero-order chi connectivity index (χ0) is 23.3. The highest BCUT2D eigenvalue weighted by molar-refractivity contribution is 9.10. The highest BCUT2D eigenvalue weighted by atomic mass is 79.9. The van der Waals surface area contributed by atoms with Crippen molar-refractivity contribution in [3.05, 3.63) is 69.0 Å². The molecule has 1 aromatic heterocycles. The molecule has 32 heavy (non-hydrogen) atoms. The van der Waals surface area contributed by atoms with Gasteiger partial charge in [-0.25, -0.2) is 4.79 Å². The quantitative estimate of drug-likeness (QED) is 0.335. The van der Waals surface area contributed by atoms with Crippen LogP contribution in [0.2, 0.25) is 0 Å². The topological polar surface area (TPSA) is 64.6 Å². The fourth-order valence-electron chi connectivity index (χ4n) is 3.10. The predicted octanol–water partition coefficient (Wildman–Crippen LogP) is 6.80. The van der Waals surface area contributed by atoms with E-state index in [1.807, 2.05) is 54.8 Å². The first kappa shape index (κ1) is 24.0. The normalized spacial score (nSPS) is 10.8. The number of hydrogen-bond acceptors (Lipinski definition) is 5. The molecule has 0 spiro atoms. The molecule has 0 fully saturated rings. The fraction of sp³-hybridized carbons (Fsp3) is 0.280. The number of rotatable bonds is 8. The number of carbonyl (C=O) groups excluding carboxylic acids is 2. The maximum absolute atomic E-state index is 12.7. The summed E-state index contributed by atoms with van der Waals surface area (Å²) in [5, 5.41) is 5.11. The minimum Gasteiger partial charge on any atom is -0.483 e. The molecule has 0 aliphatic carbocycles. The van der Waals surface area contributed by atoms with E-state index < -0.39 is 5.97 Å². The zero-order valence-corrected chi connectivity index (χ0v) is 20.9. The van der Waals surface area contributed by atoms with E-state index in [4.69, 9.17) is 9.47 Å². The SMILES string of the molecule is CCOC(=O)c1c(-c2ccc(C)cc2)csc1NC(=O)COc1ccc(C(C)C)cc1Br. The molecule has 3 rings (SSSR count). The second-order valence-electron chi connectivity index (χ2n) is 7.62. The van der Waals surface area contributed by atoms with E-state index in [9.17, 15) is 9.59 Å². The van der Waals surface area contributed by atoms with Gasteiger partial charge in [-0.1, -0.05) is 49.7 Å². The molecule has 2 aromatic carbocycles. The van der Waals surface area contributed by atoms with E-state index in [-0.39, 0.29) is 19.1 Å². The lowest BCUT2D eigenvalue weighted by molar-refractivity contribution is -0.118. The van der Waals surface area contributed by atoms with Crippen molar-refractivity contribution in [2.24, 2.45) is 0 Å². The van der Waals surface area contributed by atoms with E-state index in [2.05, 4.69) is 35.1 Å². The van der Waals surface area contributed by atoms with Crippen LogP contribution < -0.4 is 10.1 Å². The van der Waals surface area contributed by atoms with Crippen molar-refractivity contribution in [3.8, 4) is 16.9 Å². The Kier molecular flexibility index (Phi) is 8.10. The van der Waals surface area contributed by atoms with Crippen LogP contribution in [0.15, 0.2) is 52.3 Å². The molecule has 0 atom stereocenters. The van der Waals surface area contributed by atoms with Crippen molar-refractivity contribution < 1.29 is 19.1 Å².